The number of aliphatic hydroxyl groups excluding tert-OH is 1. The van der Waals surface area contributed by atoms with Gasteiger partial charge in [0.1, 0.15) is 23.8 Å². The van der Waals surface area contributed by atoms with Gasteiger partial charge in [-0.1, -0.05) is 36.4 Å². The first-order chi connectivity index (χ1) is 17.5. The molecule has 0 bridgehead atoms. The maximum atomic E-state index is 13.1. The Hall–Kier alpha value is -3.00. The van der Waals surface area contributed by atoms with E-state index in [1.165, 1.54) is 10.9 Å². The van der Waals surface area contributed by atoms with Crippen LogP contribution in [0.3, 0.4) is 0 Å². The molecule has 0 saturated heterocycles. The molecule has 36 heavy (non-hydrogen) atoms. The third-order valence-electron chi connectivity index (χ3n) is 7.11. The Kier molecular flexibility index (Phi) is 7.51. The molecule has 0 aliphatic carbocycles. The molecule has 4 aromatic rings. The van der Waals surface area contributed by atoms with Gasteiger partial charge >= 0.3 is 0 Å². The Balaban J connectivity index is 1.26. The third-order valence-corrected chi connectivity index (χ3v) is 7.81. The molecule has 1 aliphatic rings. The number of aryl methyl sites for hydroxylation is 1. The second-order valence-corrected chi connectivity index (χ2v) is 10.4. The van der Waals surface area contributed by atoms with Crippen molar-refractivity contribution >= 4 is 22.1 Å². The van der Waals surface area contributed by atoms with Crippen LogP contribution in [0.5, 0.6) is 5.75 Å². The normalized spacial score (nSPS) is 16.3. The van der Waals surface area contributed by atoms with E-state index in [9.17, 15) is 9.90 Å². The van der Waals surface area contributed by atoms with E-state index in [0.717, 1.165) is 48.3 Å². The van der Waals surface area contributed by atoms with E-state index >= 15 is 0 Å². The molecule has 2 atom stereocenters. The lowest BCUT2D eigenvalue weighted by Gasteiger charge is -2.25. The maximum absolute atomic E-state index is 13.1. The van der Waals surface area contributed by atoms with Crippen molar-refractivity contribution in [3.05, 3.63) is 92.3 Å². The summed E-state index contributed by atoms with van der Waals surface area (Å²) in [5, 5.41) is 16.8. The van der Waals surface area contributed by atoms with Crippen molar-refractivity contribution < 1.29 is 9.84 Å². The van der Waals surface area contributed by atoms with Crippen molar-refractivity contribution in [1.82, 2.24) is 14.5 Å². The minimum absolute atomic E-state index is 0.0000822. The zero-order chi connectivity index (χ0) is 25.1. The number of aromatic nitrogens is 2. The van der Waals surface area contributed by atoms with Crippen LogP contribution in [0.1, 0.15) is 54.1 Å². The average molecular weight is 504 g/mol. The number of hydrogen-bond acceptors (Lipinski definition) is 6. The molecule has 2 aromatic heterocycles. The molecule has 0 fully saturated rings. The van der Waals surface area contributed by atoms with Crippen LogP contribution in [-0.4, -0.2) is 39.7 Å². The van der Waals surface area contributed by atoms with Gasteiger partial charge in [0.25, 0.3) is 5.56 Å². The monoisotopic (exact) mass is 503 g/mol. The molecule has 0 saturated carbocycles. The smallest absolute Gasteiger partial charge is 0.257 e. The molecular weight excluding hydrogens is 470 g/mol. The second-order valence-electron chi connectivity index (χ2n) is 9.63. The van der Waals surface area contributed by atoms with E-state index < -0.39 is 6.10 Å². The van der Waals surface area contributed by atoms with Gasteiger partial charge in [-0.25, -0.2) is 4.98 Å². The highest BCUT2D eigenvalue weighted by Gasteiger charge is 2.23. The van der Waals surface area contributed by atoms with Crippen LogP contribution in [0.25, 0.3) is 10.8 Å². The van der Waals surface area contributed by atoms with E-state index in [2.05, 4.69) is 52.0 Å². The van der Waals surface area contributed by atoms with Gasteiger partial charge in [-0.05, 0) is 61.5 Å². The number of ether oxygens (including phenoxy) is 1. The molecule has 2 unspecified atom stereocenters. The summed E-state index contributed by atoms with van der Waals surface area (Å²) >= 11 is 1.68. The summed E-state index contributed by atoms with van der Waals surface area (Å²) in [6.07, 6.45) is 2.25. The van der Waals surface area contributed by atoms with Gasteiger partial charge in [0.05, 0.1) is 0 Å². The standard InChI is InChI=1S/C29H33N3O3S/c1-20-23(29(34)32-15-6-10-25(33)28(32)30-20)12-16-31(2)17-13-26(22-14-18-36-19-22)35-27-11-5-8-21-7-3-4-9-24(21)27/h3-5,7-9,11,14,18-19,25-26,33H,6,10,12-13,15-17H2,1-2H3. The predicted octanol–water partition coefficient (Wildman–Crippen LogP) is 5.28. The number of rotatable bonds is 9. The number of nitrogens with zero attached hydrogens (tertiary/aromatic N) is 3. The molecule has 1 N–H and O–H groups in total. The molecular formula is C29H33N3O3S. The van der Waals surface area contributed by atoms with Crippen molar-refractivity contribution in [1.29, 1.82) is 0 Å². The average Bonchev–Trinajstić information content (AvgIpc) is 3.42. The maximum Gasteiger partial charge on any atom is 0.257 e. The number of thiophene rings is 1. The lowest BCUT2D eigenvalue weighted by Crippen LogP contribution is -2.35. The Morgan fingerprint density at radius 1 is 1.19 bits per heavy atom. The quantitative estimate of drug-likeness (QED) is 0.337. The van der Waals surface area contributed by atoms with E-state index in [1.54, 1.807) is 15.9 Å². The summed E-state index contributed by atoms with van der Waals surface area (Å²) in [6, 6.07) is 16.6. The summed E-state index contributed by atoms with van der Waals surface area (Å²) in [5.74, 6) is 1.42. The summed E-state index contributed by atoms with van der Waals surface area (Å²) in [7, 11) is 2.09. The van der Waals surface area contributed by atoms with Crippen molar-refractivity contribution in [2.75, 3.05) is 20.1 Å². The number of benzene rings is 2. The minimum Gasteiger partial charge on any atom is -0.485 e. The molecule has 3 heterocycles. The Morgan fingerprint density at radius 3 is 2.86 bits per heavy atom. The van der Waals surface area contributed by atoms with Crippen LogP contribution in [0.4, 0.5) is 0 Å². The van der Waals surface area contributed by atoms with E-state index in [1.807, 2.05) is 31.2 Å². The largest absolute Gasteiger partial charge is 0.485 e. The molecule has 1 aliphatic heterocycles. The van der Waals surface area contributed by atoms with Crippen LogP contribution in [0.2, 0.25) is 0 Å². The molecule has 188 valence electrons. The van der Waals surface area contributed by atoms with Crippen molar-refractivity contribution in [2.45, 2.75) is 51.4 Å². The van der Waals surface area contributed by atoms with Gasteiger partial charge in [-0.2, -0.15) is 11.3 Å². The summed E-state index contributed by atoms with van der Waals surface area (Å²) in [6.45, 7) is 4.10. The predicted molar refractivity (Wildman–Crippen MR) is 145 cm³/mol. The van der Waals surface area contributed by atoms with Crippen LogP contribution in [0.15, 0.2) is 64.1 Å². The minimum atomic E-state index is -0.641. The highest BCUT2D eigenvalue weighted by Crippen LogP contribution is 2.32. The molecule has 0 radical (unpaired) electrons. The van der Waals surface area contributed by atoms with Crippen LogP contribution in [-0.2, 0) is 13.0 Å². The van der Waals surface area contributed by atoms with Crippen molar-refractivity contribution in [2.24, 2.45) is 0 Å². The summed E-state index contributed by atoms with van der Waals surface area (Å²) < 4.78 is 8.26. The Bertz CT molecular complexity index is 1380. The van der Waals surface area contributed by atoms with Gasteiger partial charge in [0.2, 0.25) is 0 Å². The third kappa shape index (κ3) is 5.24. The van der Waals surface area contributed by atoms with Gasteiger partial charge in [-0.3, -0.25) is 9.36 Å². The molecule has 2 aromatic carbocycles. The molecule has 6 nitrogen and oxygen atoms in total. The number of fused-ring (bicyclic) bond motifs is 2. The fraction of sp³-hybridized carbons (Fsp3) is 0.379. The first kappa shape index (κ1) is 24.7. The van der Waals surface area contributed by atoms with Crippen LogP contribution >= 0.6 is 11.3 Å². The Labute approximate surface area is 215 Å². The zero-order valence-electron chi connectivity index (χ0n) is 20.9. The fourth-order valence-corrected chi connectivity index (χ4v) is 5.71. The molecule has 0 spiro atoms. The summed E-state index contributed by atoms with van der Waals surface area (Å²) in [4.78, 5) is 19.9. The molecule has 5 rings (SSSR count). The summed E-state index contributed by atoms with van der Waals surface area (Å²) in [5.41, 5.74) is 2.67. The lowest BCUT2D eigenvalue weighted by molar-refractivity contribution is 0.129. The number of likely N-dealkylation sites (N-methyl/N-ethyl adjacent to an activating group) is 1. The van der Waals surface area contributed by atoms with Gasteiger partial charge in [-0.15, -0.1) is 0 Å². The first-order valence-electron chi connectivity index (χ1n) is 12.6. The highest BCUT2D eigenvalue weighted by molar-refractivity contribution is 7.07. The van der Waals surface area contributed by atoms with Crippen LogP contribution < -0.4 is 10.3 Å². The number of hydrogen-bond donors (Lipinski definition) is 1. The van der Waals surface area contributed by atoms with Crippen molar-refractivity contribution in [3.63, 3.8) is 0 Å². The van der Waals surface area contributed by atoms with E-state index in [-0.39, 0.29) is 11.7 Å². The highest BCUT2D eigenvalue weighted by atomic mass is 32.1. The van der Waals surface area contributed by atoms with Gasteiger partial charge in [0, 0.05) is 48.3 Å². The SMILES string of the molecule is Cc1nc2n(c(=O)c1CCN(C)CCC(Oc1cccc3ccccc13)c1ccsc1)CCCC2O. The van der Waals surface area contributed by atoms with E-state index in [4.69, 9.17) is 4.74 Å². The fourth-order valence-electron chi connectivity index (χ4n) is 5.01. The number of aliphatic hydroxyl groups is 1. The first-order valence-corrected chi connectivity index (χ1v) is 13.6. The van der Waals surface area contributed by atoms with Crippen LogP contribution in [0, 0.1) is 6.92 Å². The lowest BCUT2D eigenvalue weighted by atomic mass is 10.1. The molecule has 0 amide bonds. The molecule has 7 heteroatoms. The zero-order valence-corrected chi connectivity index (χ0v) is 21.7. The second kappa shape index (κ2) is 10.9. The Morgan fingerprint density at radius 2 is 2.03 bits per heavy atom. The van der Waals surface area contributed by atoms with E-state index in [0.29, 0.717) is 25.2 Å². The van der Waals surface area contributed by atoms with Crippen molar-refractivity contribution in [3.8, 4) is 5.75 Å². The van der Waals surface area contributed by atoms with Gasteiger partial charge in [0.15, 0.2) is 0 Å². The van der Waals surface area contributed by atoms with Gasteiger partial charge < -0.3 is 14.7 Å². The topological polar surface area (TPSA) is 67.6 Å².